The van der Waals surface area contributed by atoms with Crippen LogP contribution in [0.4, 0.5) is 13.2 Å². The number of fused-ring (bicyclic) bond motifs is 1. The van der Waals surface area contributed by atoms with E-state index < -0.39 is 11.6 Å². The molecule has 2 fully saturated rings. The standard InChI is InChI=1S/C7H10F3N/c8-7(9,10)6-2-1-5(6)3-11-4-6/h5,11H,1-4H2/t5-,6+/m1/s1. The molecule has 2 atom stereocenters. The molecular formula is C7H10F3N. The Kier molecular flexibility index (Phi) is 1.29. The van der Waals surface area contributed by atoms with Crippen LogP contribution in [0.1, 0.15) is 12.8 Å². The summed E-state index contributed by atoms with van der Waals surface area (Å²) in [7, 11) is 0. The van der Waals surface area contributed by atoms with E-state index in [0.717, 1.165) is 6.42 Å². The summed E-state index contributed by atoms with van der Waals surface area (Å²) in [5.41, 5.74) is -1.34. The minimum Gasteiger partial charge on any atom is -0.316 e. The summed E-state index contributed by atoms with van der Waals surface area (Å²) in [6.45, 7) is 0.695. The lowest BCUT2D eigenvalue weighted by Gasteiger charge is -2.45. The summed E-state index contributed by atoms with van der Waals surface area (Å²) in [6, 6.07) is 0. The Morgan fingerprint density at radius 3 is 2.36 bits per heavy atom. The van der Waals surface area contributed by atoms with Crippen molar-refractivity contribution in [3.63, 3.8) is 0 Å². The molecule has 0 aromatic rings. The van der Waals surface area contributed by atoms with Crippen molar-refractivity contribution < 1.29 is 13.2 Å². The summed E-state index contributed by atoms with van der Waals surface area (Å²) in [5, 5.41) is 2.81. The van der Waals surface area contributed by atoms with E-state index in [9.17, 15) is 13.2 Å². The molecule has 1 saturated carbocycles. The van der Waals surface area contributed by atoms with Crippen molar-refractivity contribution in [3.05, 3.63) is 0 Å². The number of hydrogen-bond donors (Lipinski definition) is 1. The third-order valence-electron chi connectivity index (χ3n) is 3.12. The first-order chi connectivity index (χ1) is 5.06. The van der Waals surface area contributed by atoms with E-state index >= 15 is 0 Å². The number of halogens is 3. The fraction of sp³-hybridized carbons (Fsp3) is 1.00. The lowest BCUT2D eigenvalue weighted by molar-refractivity contribution is -0.258. The number of nitrogens with one attached hydrogen (secondary N) is 1. The summed E-state index contributed by atoms with van der Waals surface area (Å²) >= 11 is 0. The molecule has 2 rings (SSSR count). The summed E-state index contributed by atoms with van der Waals surface area (Å²) < 4.78 is 37.2. The van der Waals surface area contributed by atoms with E-state index in [1.165, 1.54) is 0 Å². The molecular weight excluding hydrogens is 155 g/mol. The van der Waals surface area contributed by atoms with Crippen molar-refractivity contribution in [1.82, 2.24) is 5.32 Å². The minimum absolute atomic E-state index is 0.137. The van der Waals surface area contributed by atoms with Gasteiger partial charge in [-0.2, -0.15) is 13.2 Å². The van der Waals surface area contributed by atoms with Gasteiger partial charge in [0, 0.05) is 6.54 Å². The molecule has 1 nitrogen and oxygen atoms in total. The molecule has 64 valence electrons. The minimum atomic E-state index is -3.99. The van der Waals surface area contributed by atoms with Crippen molar-refractivity contribution in [1.29, 1.82) is 0 Å². The average molecular weight is 165 g/mol. The van der Waals surface area contributed by atoms with E-state index in [1.807, 2.05) is 0 Å². The van der Waals surface area contributed by atoms with Crippen LogP contribution in [0.5, 0.6) is 0 Å². The van der Waals surface area contributed by atoms with Crippen LogP contribution in [0.3, 0.4) is 0 Å². The van der Waals surface area contributed by atoms with Crippen molar-refractivity contribution >= 4 is 0 Å². The Morgan fingerprint density at radius 1 is 1.36 bits per heavy atom. The molecule has 1 aliphatic heterocycles. The zero-order valence-electron chi connectivity index (χ0n) is 6.04. The average Bonchev–Trinajstić information content (AvgIpc) is 2.06. The molecule has 0 radical (unpaired) electrons. The van der Waals surface area contributed by atoms with Crippen molar-refractivity contribution in [3.8, 4) is 0 Å². The van der Waals surface area contributed by atoms with Gasteiger partial charge < -0.3 is 5.32 Å². The first-order valence-corrected chi connectivity index (χ1v) is 3.84. The molecule has 0 aromatic heterocycles. The number of hydrogen-bond acceptors (Lipinski definition) is 1. The van der Waals surface area contributed by atoms with Crippen LogP contribution in [0.25, 0.3) is 0 Å². The fourth-order valence-corrected chi connectivity index (χ4v) is 2.17. The Morgan fingerprint density at radius 2 is 2.09 bits per heavy atom. The molecule has 4 heteroatoms. The van der Waals surface area contributed by atoms with Gasteiger partial charge in [0.2, 0.25) is 0 Å². The molecule has 0 bridgehead atoms. The maximum Gasteiger partial charge on any atom is 0.396 e. The van der Waals surface area contributed by atoms with E-state index in [1.54, 1.807) is 0 Å². The molecule has 0 unspecified atom stereocenters. The number of alkyl halides is 3. The quantitative estimate of drug-likeness (QED) is 0.574. The predicted molar refractivity (Wildman–Crippen MR) is 34.1 cm³/mol. The van der Waals surface area contributed by atoms with E-state index in [-0.39, 0.29) is 12.5 Å². The van der Waals surface area contributed by atoms with Gasteiger partial charge in [-0.1, -0.05) is 0 Å². The Balaban J connectivity index is 2.22. The molecule has 11 heavy (non-hydrogen) atoms. The van der Waals surface area contributed by atoms with Gasteiger partial charge in [0.15, 0.2) is 0 Å². The van der Waals surface area contributed by atoms with Crippen LogP contribution in [0, 0.1) is 11.3 Å². The van der Waals surface area contributed by atoms with Gasteiger partial charge in [-0.05, 0) is 25.3 Å². The maximum atomic E-state index is 12.4. The largest absolute Gasteiger partial charge is 0.396 e. The first kappa shape index (κ1) is 7.40. The SMILES string of the molecule is FC(F)(F)[C@]12CC[C@@H]1CNC2. The maximum absolute atomic E-state index is 12.4. The Hall–Kier alpha value is -0.250. The highest BCUT2D eigenvalue weighted by Crippen LogP contribution is 2.58. The lowest BCUT2D eigenvalue weighted by Crippen LogP contribution is -2.51. The van der Waals surface area contributed by atoms with Crippen LogP contribution in [-0.4, -0.2) is 19.3 Å². The normalized spacial score (nSPS) is 43.4. The second-order valence-corrected chi connectivity index (χ2v) is 3.52. The summed E-state index contributed by atoms with van der Waals surface area (Å²) in [4.78, 5) is 0. The molecule has 1 N–H and O–H groups in total. The third-order valence-corrected chi connectivity index (χ3v) is 3.12. The molecule has 1 saturated heterocycles. The topological polar surface area (TPSA) is 12.0 Å². The summed E-state index contributed by atoms with van der Waals surface area (Å²) in [6.07, 6.45) is -2.92. The van der Waals surface area contributed by atoms with Crippen LogP contribution in [0.15, 0.2) is 0 Å². The molecule has 0 spiro atoms. The van der Waals surface area contributed by atoms with Crippen molar-refractivity contribution in [2.24, 2.45) is 11.3 Å². The fourth-order valence-electron chi connectivity index (χ4n) is 2.17. The van der Waals surface area contributed by atoms with E-state index in [0.29, 0.717) is 13.0 Å². The predicted octanol–water partition coefficient (Wildman–Crippen LogP) is 1.55. The van der Waals surface area contributed by atoms with Gasteiger partial charge in [-0.15, -0.1) is 0 Å². The zero-order valence-corrected chi connectivity index (χ0v) is 6.04. The van der Waals surface area contributed by atoms with Crippen LogP contribution < -0.4 is 5.32 Å². The molecule has 2 aliphatic rings. The Labute approximate surface area is 63.0 Å². The van der Waals surface area contributed by atoms with Gasteiger partial charge >= 0.3 is 6.18 Å². The monoisotopic (exact) mass is 165 g/mol. The van der Waals surface area contributed by atoms with E-state index in [4.69, 9.17) is 0 Å². The van der Waals surface area contributed by atoms with Gasteiger partial charge in [-0.3, -0.25) is 0 Å². The smallest absolute Gasteiger partial charge is 0.316 e. The number of rotatable bonds is 0. The van der Waals surface area contributed by atoms with Crippen LogP contribution in [0.2, 0.25) is 0 Å². The Bertz CT molecular complexity index is 177. The second kappa shape index (κ2) is 1.91. The zero-order chi connectivity index (χ0) is 8.11. The van der Waals surface area contributed by atoms with Gasteiger partial charge in [0.05, 0.1) is 5.41 Å². The third kappa shape index (κ3) is 0.760. The molecule has 0 aromatic carbocycles. The highest BCUT2D eigenvalue weighted by Gasteiger charge is 2.65. The summed E-state index contributed by atoms with van der Waals surface area (Å²) in [5.74, 6) is -0.137. The first-order valence-electron chi connectivity index (χ1n) is 3.84. The molecule has 0 amide bonds. The van der Waals surface area contributed by atoms with Gasteiger partial charge in [-0.25, -0.2) is 0 Å². The molecule has 1 heterocycles. The second-order valence-electron chi connectivity index (χ2n) is 3.52. The van der Waals surface area contributed by atoms with Gasteiger partial charge in [0.25, 0.3) is 0 Å². The molecule has 1 aliphatic carbocycles. The van der Waals surface area contributed by atoms with Crippen molar-refractivity contribution in [2.45, 2.75) is 19.0 Å². The van der Waals surface area contributed by atoms with Crippen LogP contribution >= 0.6 is 0 Å². The highest BCUT2D eigenvalue weighted by atomic mass is 19.4. The van der Waals surface area contributed by atoms with E-state index in [2.05, 4.69) is 5.32 Å². The highest BCUT2D eigenvalue weighted by molar-refractivity contribution is 5.06. The van der Waals surface area contributed by atoms with Crippen LogP contribution in [-0.2, 0) is 0 Å². The van der Waals surface area contributed by atoms with Gasteiger partial charge in [0.1, 0.15) is 0 Å². The lowest BCUT2D eigenvalue weighted by atomic mass is 9.61. The van der Waals surface area contributed by atoms with Crippen molar-refractivity contribution in [2.75, 3.05) is 13.1 Å².